The summed E-state index contributed by atoms with van der Waals surface area (Å²) in [5.74, 6) is 0.520. The number of hydrogen-bond acceptors (Lipinski definition) is 1. The van der Waals surface area contributed by atoms with Gasteiger partial charge in [0.05, 0.1) is 0 Å². The molecule has 0 aromatic heterocycles. The molecule has 0 N–H and O–H groups in total. The Morgan fingerprint density at radius 3 is 2.67 bits per heavy atom. The van der Waals surface area contributed by atoms with Gasteiger partial charge in [-0.1, -0.05) is 42.5 Å². The van der Waals surface area contributed by atoms with Crippen molar-refractivity contribution in [2.45, 2.75) is 0 Å². The summed E-state index contributed by atoms with van der Waals surface area (Å²) in [6.45, 7) is -0.822. The zero-order valence-electron chi connectivity index (χ0n) is 8.11. The average molecular weight is 201 g/mol. The minimum absolute atomic E-state index is 0.520. The van der Waals surface area contributed by atoms with E-state index in [4.69, 9.17) is 4.74 Å². The highest BCUT2D eigenvalue weighted by molar-refractivity contribution is 5.69. The topological polar surface area (TPSA) is 9.23 Å². The minimum Gasteiger partial charge on any atom is -0.462 e. The Morgan fingerprint density at radius 2 is 1.93 bits per heavy atom. The number of ether oxygens (including phenoxy) is 1. The first-order valence-corrected chi connectivity index (χ1v) is 4.66. The smallest absolute Gasteiger partial charge is 0.228 e. The fraction of sp³-hybridized carbons (Fsp3) is 0.0769. The molecule has 2 rings (SSSR count). The lowest BCUT2D eigenvalue weighted by molar-refractivity contribution is 0.192. The van der Waals surface area contributed by atoms with Gasteiger partial charge in [0.15, 0.2) is 0 Å². The van der Waals surface area contributed by atoms with Crippen LogP contribution >= 0.6 is 0 Å². The molecule has 0 atom stereocenters. The van der Waals surface area contributed by atoms with Crippen LogP contribution in [0.2, 0.25) is 0 Å². The van der Waals surface area contributed by atoms with Crippen LogP contribution in [0, 0.1) is 6.07 Å². The van der Waals surface area contributed by atoms with Gasteiger partial charge in [-0.05, 0) is 17.7 Å². The van der Waals surface area contributed by atoms with E-state index in [0.29, 0.717) is 5.75 Å². The lowest BCUT2D eigenvalue weighted by atomic mass is 10.1. The third-order valence-corrected chi connectivity index (χ3v) is 2.12. The Morgan fingerprint density at radius 1 is 1.13 bits per heavy atom. The fourth-order valence-corrected chi connectivity index (χ4v) is 1.45. The molecule has 2 aromatic rings. The van der Waals surface area contributed by atoms with Gasteiger partial charge in [0.1, 0.15) is 5.75 Å². The first-order chi connectivity index (χ1) is 7.42. The Balaban J connectivity index is 2.43. The second-order valence-corrected chi connectivity index (χ2v) is 3.04. The van der Waals surface area contributed by atoms with Gasteiger partial charge < -0.3 is 4.74 Å². The molecular formula is C13H10FO. The Bertz CT molecular complexity index is 426. The van der Waals surface area contributed by atoms with Crippen molar-refractivity contribution >= 4 is 0 Å². The second kappa shape index (κ2) is 4.60. The number of hydrogen-bond donors (Lipinski definition) is 0. The van der Waals surface area contributed by atoms with E-state index in [-0.39, 0.29) is 0 Å². The van der Waals surface area contributed by atoms with Crippen LogP contribution in [0.5, 0.6) is 5.75 Å². The van der Waals surface area contributed by atoms with Crippen LogP contribution in [0.3, 0.4) is 0 Å². The van der Waals surface area contributed by atoms with Gasteiger partial charge in [0.25, 0.3) is 0 Å². The molecule has 1 nitrogen and oxygen atoms in total. The summed E-state index contributed by atoms with van der Waals surface area (Å²) < 4.78 is 17.0. The second-order valence-electron chi connectivity index (χ2n) is 3.04. The van der Waals surface area contributed by atoms with Crippen molar-refractivity contribution in [2.75, 3.05) is 6.86 Å². The number of rotatable bonds is 3. The summed E-state index contributed by atoms with van der Waals surface area (Å²) in [6.07, 6.45) is 0. The summed E-state index contributed by atoms with van der Waals surface area (Å²) in [4.78, 5) is 0. The van der Waals surface area contributed by atoms with Crippen molar-refractivity contribution in [1.29, 1.82) is 0 Å². The summed E-state index contributed by atoms with van der Waals surface area (Å²) >= 11 is 0. The van der Waals surface area contributed by atoms with Crippen molar-refractivity contribution in [3.8, 4) is 16.9 Å². The Hall–Kier alpha value is -1.83. The van der Waals surface area contributed by atoms with E-state index >= 15 is 0 Å². The van der Waals surface area contributed by atoms with Gasteiger partial charge >= 0.3 is 0 Å². The predicted octanol–water partition coefficient (Wildman–Crippen LogP) is 3.46. The predicted molar refractivity (Wildman–Crippen MR) is 57.3 cm³/mol. The third-order valence-electron chi connectivity index (χ3n) is 2.12. The molecule has 0 amide bonds. The maximum atomic E-state index is 12.1. The summed E-state index contributed by atoms with van der Waals surface area (Å²) in [5.41, 5.74) is 1.89. The van der Waals surface area contributed by atoms with E-state index in [0.717, 1.165) is 11.1 Å². The highest BCUT2D eigenvalue weighted by Crippen LogP contribution is 2.29. The molecule has 1 radical (unpaired) electrons. The SMILES string of the molecule is FCOc1c[c]ccc1-c1ccccc1. The van der Waals surface area contributed by atoms with Crippen LogP contribution < -0.4 is 4.74 Å². The highest BCUT2D eigenvalue weighted by atomic mass is 19.1. The monoisotopic (exact) mass is 201 g/mol. The largest absolute Gasteiger partial charge is 0.462 e. The van der Waals surface area contributed by atoms with Crippen LogP contribution in [-0.2, 0) is 0 Å². The molecule has 0 spiro atoms. The van der Waals surface area contributed by atoms with E-state index in [1.54, 1.807) is 12.1 Å². The van der Waals surface area contributed by atoms with Crippen molar-refractivity contribution in [1.82, 2.24) is 0 Å². The Kier molecular flexibility index (Phi) is 2.98. The molecule has 2 aromatic carbocycles. The van der Waals surface area contributed by atoms with Crippen molar-refractivity contribution in [3.63, 3.8) is 0 Å². The molecular weight excluding hydrogens is 191 g/mol. The quantitative estimate of drug-likeness (QED) is 0.738. The van der Waals surface area contributed by atoms with E-state index < -0.39 is 6.86 Å². The molecule has 0 aliphatic carbocycles. The number of benzene rings is 2. The fourth-order valence-electron chi connectivity index (χ4n) is 1.45. The molecule has 15 heavy (non-hydrogen) atoms. The average Bonchev–Trinajstić information content (AvgIpc) is 2.31. The van der Waals surface area contributed by atoms with Crippen LogP contribution in [0.15, 0.2) is 48.5 Å². The van der Waals surface area contributed by atoms with Crippen LogP contribution in [-0.4, -0.2) is 6.86 Å². The summed E-state index contributed by atoms with van der Waals surface area (Å²) in [7, 11) is 0. The molecule has 75 valence electrons. The van der Waals surface area contributed by atoms with Crippen molar-refractivity contribution in [3.05, 3.63) is 54.6 Å². The molecule has 0 aliphatic heterocycles. The molecule has 0 fully saturated rings. The first-order valence-electron chi connectivity index (χ1n) is 4.66. The van der Waals surface area contributed by atoms with Crippen molar-refractivity contribution < 1.29 is 9.13 Å². The van der Waals surface area contributed by atoms with Crippen LogP contribution in [0.25, 0.3) is 11.1 Å². The van der Waals surface area contributed by atoms with Gasteiger partial charge in [-0.25, -0.2) is 4.39 Å². The molecule has 0 heterocycles. The highest BCUT2D eigenvalue weighted by Gasteiger charge is 2.04. The normalized spacial score (nSPS) is 9.93. The van der Waals surface area contributed by atoms with Gasteiger partial charge in [0, 0.05) is 5.56 Å². The molecule has 0 aliphatic rings. The zero-order chi connectivity index (χ0) is 10.5. The van der Waals surface area contributed by atoms with Gasteiger partial charge in [0.2, 0.25) is 6.86 Å². The molecule has 0 saturated heterocycles. The number of alkyl halides is 1. The van der Waals surface area contributed by atoms with Gasteiger partial charge in [-0.3, -0.25) is 0 Å². The van der Waals surface area contributed by atoms with E-state index in [2.05, 4.69) is 6.07 Å². The molecule has 0 unspecified atom stereocenters. The lowest BCUT2D eigenvalue weighted by Gasteiger charge is -2.08. The van der Waals surface area contributed by atoms with E-state index in [1.165, 1.54) is 0 Å². The van der Waals surface area contributed by atoms with Crippen molar-refractivity contribution in [2.24, 2.45) is 0 Å². The molecule has 0 bridgehead atoms. The van der Waals surface area contributed by atoms with Crippen LogP contribution in [0.1, 0.15) is 0 Å². The maximum absolute atomic E-state index is 12.1. The number of halogens is 1. The summed E-state index contributed by atoms with van der Waals surface area (Å²) in [5, 5.41) is 0. The Labute approximate surface area is 88.1 Å². The zero-order valence-corrected chi connectivity index (χ0v) is 8.11. The summed E-state index contributed by atoms with van der Waals surface area (Å²) in [6, 6.07) is 17.9. The van der Waals surface area contributed by atoms with Gasteiger partial charge in [-0.2, -0.15) is 0 Å². The molecule has 0 saturated carbocycles. The van der Waals surface area contributed by atoms with E-state index in [9.17, 15) is 4.39 Å². The third kappa shape index (κ3) is 2.15. The van der Waals surface area contributed by atoms with E-state index in [1.807, 2.05) is 36.4 Å². The standard InChI is InChI=1S/C13H10FO/c14-10-15-13-9-5-4-8-12(13)11-6-2-1-3-7-11/h1-4,6-9H,10H2. The minimum atomic E-state index is -0.822. The maximum Gasteiger partial charge on any atom is 0.228 e. The molecule has 2 heteroatoms. The lowest BCUT2D eigenvalue weighted by Crippen LogP contribution is -1.92. The van der Waals surface area contributed by atoms with Gasteiger partial charge in [-0.15, -0.1) is 0 Å². The van der Waals surface area contributed by atoms with Crippen LogP contribution in [0.4, 0.5) is 4.39 Å². The first kappa shape index (κ1) is 9.71.